The molecule has 0 aliphatic carbocycles. The molecule has 0 fully saturated rings. The molecule has 32 heavy (non-hydrogen) atoms. The average molecular weight is 466 g/mol. The summed E-state index contributed by atoms with van der Waals surface area (Å²) in [5.41, 5.74) is 2.59. The van der Waals surface area contributed by atoms with E-state index >= 15 is 0 Å². The van der Waals surface area contributed by atoms with Crippen molar-refractivity contribution in [2.24, 2.45) is 0 Å². The molecule has 0 aliphatic rings. The third kappa shape index (κ3) is 5.65. The van der Waals surface area contributed by atoms with Crippen LogP contribution in [-0.2, 0) is 16.6 Å². The Kier molecular flexibility index (Phi) is 6.38. The second-order valence-electron chi connectivity index (χ2n) is 6.68. The van der Waals surface area contributed by atoms with Gasteiger partial charge in [0.1, 0.15) is 0 Å². The summed E-state index contributed by atoms with van der Waals surface area (Å²) in [4.78, 5) is 7.82. The van der Waals surface area contributed by atoms with Crippen LogP contribution in [0.3, 0.4) is 0 Å². The Balaban J connectivity index is 1.33. The number of aromatic nitrogens is 4. The van der Waals surface area contributed by atoms with Crippen LogP contribution in [0.1, 0.15) is 5.56 Å². The summed E-state index contributed by atoms with van der Waals surface area (Å²) in [5.74, 6) is 0.00993. The SMILES string of the molecule is O=S(=O)(Nc1ncccn1)c1ccc(NC(=S)Nc2ccc(Cn3cccn3)cc2)cc1. The minimum atomic E-state index is -3.79. The predicted molar refractivity (Wildman–Crippen MR) is 127 cm³/mol. The van der Waals surface area contributed by atoms with Crippen LogP contribution in [0.15, 0.2) is 90.3 Å². The molecule has 11 heteroatoms. The maximum atomic E-state index is 12.4. The lowest BCUT2D eigenvalue weighted by atomic mass is 10.2. The van der Waals surface area contributed by atoms with Gasteiger partial charge in [0.25, 0.3) is 10.0 Å². The molecule has 4 aromatic rings. The molecule has 0 unspecified atom stereocenters. The van der Waals surface area contributed by atoms with Gasteiger partial charge in [-0.2, -0.15) is 5.10 Å². The zero-order chi connectivity index (χ0) is 22.4. The van der Waals surface area contributed by atoms with E-state index in [9.17, 15) is 8.42 Å². The predicted octanol–water partition coefficient (Wildman–Crippen LogP) is 3.33. The fourth-order valence-corrected chi connectivity index (χ4v) is 4.01. The molecule has 0 bridgehead atoms. The summed E-state index contributed by atoms with van der Waals surface area (Å²) in [6.45, 7) is 0.691. The third-order valence-electron chi connectivity index (χ3n) is 4.33. The molecule has 3 N–H and O–H groups in total. The van der Waals surface area contributed by atoms with Gasteiger partial charge >= 0.3 is 0 Å². The van der Waals surface area contributed by atoms with Crippen LogP contribution in [0.25, 0.3) is 0 Å². The molecule has 0 saturated heterocycles. The van der Waals surface area contributed by atoms with E-state index in [1.54, 1.807) is 24.4 Å². The van der Waals surface area contributed by atoms with Crippen molar-refractivity contribution in [3.63, 3.8) is 0 Å². The van der Waals surface area contributed by atoms with Gasteiger partial charge < -0.3 is 10.6 Å². The molecule has 2 aromatic heterocycles. The molecule has 0 aliphatic heterocycles. The van der Waals surface area contributed by atoms with Gasteiger partial charge in [-0.25, -0.2) is 23.1 Å². The Morgan fingerprint density at radius 1 is 0.875 bits per heavy atom. The van der Waals surface area contributed by atoms with Crippen molar-refractivity contribution in [1.29, 1.82) is 0 Å². The number of benzene rings is 2. The molecule has 0 spiro atoms. The van der Waals surface area contributed by atoms with Crippen molar-refractivity contribution in [3.05, 3.63) is 91.0 Å². The van der Waals surface area contributed by atoms with Gasteiger partial charge in [-0.05, 0) is 66.3 Å². The quantitative estimate of drug-likeness (QED) is 0.356. The standard InChI is InChI=1S/C21H19N7O2S2/c29-32(30,27-20-22-11-1-12-23-20)19-9-7-18(8-10-19)26-21(31)25-17-5-3-16(4-6-17)15-28-14-2-13-24-28/h1-14H,15H2,(H,22,23,27)(H2,25,26,31). The molecule has 0 saturated carbocycles. The minimum Gasteiger partial charge on any atom is -0.332 e. The summed E-state index contributed by atoms with van der Waals surface area (Å²) in [7, 11) is -3.79. The maximum Gasteiger partial charge on any atom is 0.264 e. The van der Waals surface area contributed by atoms with Gasteiger partial charge in [-0.3, -0.25) is 4.68 Å². The Labute approximate surface area is 190 Å². The highest BCUT2D eigenvalue weighted by Crippen LogP contribution is 2.17. The molecule has 162 valence electrons. The minimum absolute atomic E-state index is 0.00993. The van der Waals surface area contributed by atoms with E-state index in [1.165, 1.54) is 24.5 Å². The topological polar surface area (TPSA) is 114 Å². The van der Waals surface area contributed by atoms with Gasteiger partial charge in [0.05, 0.1) is 11.4 Å². The molecule has 2 aromatic carbocycles. The van der Waals surface area contributed by atoms with E-state index in [0.717, 1.165) is 11.3 Å². The lowest BCUT2D eigenvalue weighted by Gasteiger charge is -2.12. The third-order valence-corrected chi connectivity index (χ3v) is 5.88. The summed E-state index contributed by atoms with van der Waals surface area (Å²) < 4.78 is 29.1. The van der Waals surface area contributed by atoms with E-state index in [2.05, 4.69) is 30.4 Å². The van der Waals surface area contributed by atoms with E-state index in [4.69, 9.17) is 12.2 Å². The number of rotatable bonds is 7. The van der Waals surface area contributed by atoms with Crippen LogP contribution in [0.4, 0.5) is 17.3 Å². The Morgan fingerprint density at radius 2 is 1.50 bits per heavy atom. The van der Waals surface area contributed by atoms with Gasteiger partial charge in [-0.1, -0.05) is 12.1 Å². The summed E-state index contributed by atoms with van der Waals surface area (Å²) in [6, 6.07) is 17.5. The van der Waals surface area contributed by atoms with Crippen LogP contribution >= 0.6 is 12.2 Å². The van der Waals surface area contributed by atoms with Crippen molar-refractivity contribution >= 4 is 44.7 Å². The first-order chi connectivity index (χ1) is 15.5. The highest BCUT2D eigenvalue weighted by atomic mass is 32.2. The van der Waals surface area contributed by atoms with E-state index in [0.29, 0.717) is 17.3 Å². The smallest absolute Gasteiger partial charge is 0.264 e. The molecule has 4 rings (SSSR count). The maximum absolute atomic E-state index is 12.4. The molecule has 9 nitrogen and oxygen atoms in total. The Morgan fingerprint density at radius 3 is 2.09 bits per heavy atom. The molecule has 0 atom stereocenters. The van der Waals surface area contributed by atoms with E-state index in [-0.39, 0.29) is 10.8 Å². The first-order valence-corrected chi connectivity index (χ1v) is 11.4. The number of anilines is 3. The molecule has 0 amide bonds. The number of hydrogen-bond acceptors (Lipinski definition) is 6. The van der Waals surface area contributed by atoms with Crippen LogP contribution in [-0.4, -0.2) is 33.3 Å². The fourth-order valence-electron chi connectivity index (χ4n) is 2.82. The largest absolute Gasteiger partial charge is 0.332 e. The number of thiocarbonyl (C=S) groups is 1. The number of nitrogens with zero attached hydrogens (tertiary/aromatic N) is 4. The normalized spacial score (nSPS) is 11.0. The number of nitrogens with one attached hydrogen (secondary N) is 3. The summed E-state index contributed by atoms with van der Waals surface area (Å²) in [6.07, 6.45) is 6.57. The lowest BCUT2D eigenvalue weighted by Crippen LogP contribution is -2.19. The first-order valence-electron chi connectivity index (χ1n) is 9.52. The molecule has 0 radical (unpaired) electrons. The van der Waals surface area contributed by atoms with Crippen molar-refractivity contribution < 1.29 is 8.42 Å². The van der Waals surface area contributed by atoms with Gasteiger partial charge in [0.15, 0.2) is 5.11 Å². The van der Waals surface area contributed by atoms with Gasteiger partial charge in [-0.15, -0.1) is 0 Å². The number of hydrogen-bond donors (Lipinski definition) is 3. The zero-order valence-electron chi connectivity index (χ0n) is 16.7. The van der Waals surface area contributed by atoms with Crippen molar-refractivity contribution in [1.82, 2.24) is 19.7 Å². The average Bonchev–Trinajstić information content (AvgIpc) is 3.29. The van der Waals surface area contributed by atoms with E-state index in [1.807, 2.05) is 41.2 Å². The van der Waals surface area contributed by atoms with Gasteiger partial charge in [0.2, 0.25) is 5.95 Å². The van der Waals surface area contributed by atoms with Crippen LogP contribution in [0.2, 0.25) is 0 Å². The summed E-state index contributed by atoms with van der Waals surface area (Å²) >= 11 is 5.35. The van der Waals surface area contributed by atoms with Crippen LogP contribution < -0.4 is 15.4 Å². The van der Waals surface area contributed by atoms with Crippen molar-refractivity contribution in [3.8, 4) is 0 Å². The van der Waals surface area contributed by atoms with Crippen LogP contribution in [0, 0.1) is 0 Å². The Bertz CT molecular complexity index is 1280. The monoisotopic (exact) mass is 465 g/mol. The molecule has 2 heterocycles. The molecular weight excluding hydrogens is 446 g/mol. The van der Waals surface area contributed by atoms with Crippen molar-refractivity contribution in [2.45, 2.75) is 11.4 Å². The highest BCUT2D eigenvalue weighted by Gasteiger charge is 2.15. The first kappa shape index (κ1) is 21.4. The number of sulfonamides is 1. The van der Waals surface area contributed by atoms with Crippen molar-refractivity contribution in [2.75, 3.05) is 15.4 Å². The van der Waals surface area contributed by atoms with Gasteiger partial charge in [0, 0.05) is 36.2 Å². The highest BCUT2D eigenvalue weighted by molar-refractivity contribution is 7.92. The lowest BCUT2D eigenvalue weighted by molar-refractivity contribution is 0.601. The van der Waals surface area contributed by atoms with Crippen LogP contribution in [0.5, 0.6) is 0 Å². The Hall–Kier alpha value is -3.83. The summed E-state index contributed by atoms with van der Waals surface area (Å²) in [5, 5.41) is 10.7. The second-order valence-corrected chi connectivity index (χ2v) is 8.77. The van der Waals surface area contributed by atoms with E-state index < -0.39 is 10.0 Å². The molecular formula is C21H19N7O2S2. The second kappa shape index (κ2) is 9.54. The fraction of sp³-hybridized carbons (Fsp3) is 0.0476. The zero-order valence-corrected chi connectivity index (χ0v) is 18.3.